The van der Waals surface area contributed by atoms with Crippen molar-refractivity contribution in [3.8, 4) is 0 Å². The standard InChI is InChI=1S/C28H27ClO3/c29-27-9-7-21(8-10-27)15-23-16-22(18-26(19-23)24-11-13-32-14-12-24)5-1-3-20-4-2-6-25(17-20)28(30)31/h1-4,6-10,16-19,24H,5,11-15H2,(H,30,31). The van der Waals surface area contributed by atoms with Crippen molar-refractivity contribution in [2.45, 2.75) is 31.6 Å². The number of aromatic carboxylic acids is 1. The Bertz CT molecular complexity index is 1100. The molecule has 0 bridgehead atoms. The van der Waals surface area contributed by atoms with Gasteiger partial charge < -0.3 is 9.84 Å². The van der Waals surface area contributed by atoms with Crippen LogP contribution in [-0.2, 0) is 17.6 Å². The van der Waals surface area contributed by atoms with Gasteiger partial charge in [-0.15, -0.1) is 0 Å². The molecule has 1 aliphatic rings. The second kappa shape index (κ2) is 10.6. The molecule has 1 saturated heterocycles. The Labute approximate surface area is 194 Å². The van der Waals surface area contributed by atoms with Crippen LogP contribution in [0.2, 0.25) is 5.02 Å². The Kier molecular flexibility index (Phi) is 7.41. The Hall–Kier alpha value is -2.88. The van der Waals surface area contributed by atoms with Crippen LogP contribution in [0.4, 0.5) is 0 Å². The Morgan fingerprint density at radius 3 is 2.47 bits per heavy atom. The van der Waals surface area contributed by atoms with E-state index in [1.807, 2.05) is 24.3 Å². The number of carboxylic acids is 1. The topological polar surface area (TPSA) is 46.5 Å². The molecular weight excluding hydrogens is 420 g/mol. The zero-order valence-corrected chi connectivity index (χ0v) is 18.7. The first-order valence-electron chi connectivity index (χ1n) is 11.0. The zero-order chi connectivity index (χ0) is 22.3. The van der Waals surface area contributed by atoms with Gasteiger partial charge in [-0.1, -0.05) is 66.2 Å². The molecule has 3 aromatic carbocycles. The summed E-state index contributed by atoms with van der Waals surface area (Å²) in [4.78, 5) is 11.2. The molecule has 1 fully saturated rings. The highest BCUT2D eigenvalue weighted by Gasteiger charge is 2.17. The predicted octanol–water partition coefficient (Wildman–Crippen LogP) is 6.78. The summed E-state index contributed by atoms with van der Waals surface area (Å²) in [7, 11) is 0. The zero-order valence-electron chi connectivity index (χ0n) is 18.0. The van der Waals surface area contributed by atoms with Gasteiger partial charge in [-0.05, 0) is 83.7 Å². The predicted molar refractivity (Wildman–Crippen MR) is 130 cm³/mol. The van der Waals surface area contributed by atoms with Crippen LogP contribution in [0.1, 0.15) is 56.9 Å². The average molecular weight is 447 g/mol. The largest absolute Gasteiger partial charge is 0.478 e. The molecule has 1 aliphatic heterocycles. The van der Waals surface area contributed by atoms with Crippen LogP contribution in [0, 0.1) is 0 Å². The van der Waals surface area contributed by atoms with Crippen molar-refractivity contribution in [1.82, 2.24) is 0 Å². The van der Waals surface area contributed by atoms with Gasteiger partial charge in [0.1, 0.15) is 0 Å². The number of halogens is 1. The van der Waals surface area contributed by atoms with E-state index in [1.54, 1.807) is 18.2 Å². The normalized spacial score (nSPS) is 14.7. The van der Waals surface area contributed by atoms with Gasteiger partial charge in [0.25, 0.3) is 0 Å². The van der Waals surface area contributed by atoms with Gasteiger partial charge in [0.15, 0.2) is 0 Å². The minimum absolute atomic E-state index is 0.305. The minimum atomic E-state index is -0.906. The molecule has 3 nitrogen and oxygen atoms in total. The third-order valence-electron chi connectivity index (χ3n) is 5.89. The lowest BCUT2D eigenvalue weighted by molar-refractivity contribution is 0.0697. The van der Waals surface area contributed by atoms with E-state index in [0.717, 1.165) is 49.5 Å². The number of carboxylic acid groups (broad SMARTS) is 1. The molecule has 0 aliphatic carbocycles. The van der Waals surface area contributed by atoms with Crippen molar-refractivity contribution >= 4 is 23.6 Å². The fraction of sp³-hybridized carbons (Fsp3) is 0.250. The van der Waals surface area contributed by atoms with E-state index in [-0.39, 0.29) is 0 Å². The van der Waals surface area contributed by atoms with Crippen molar-refractivity contribution < 1.29 is 14.6 Å². The second-order valence-corrected chi connectivity index (χ2v) is 8.75. The van der Waals surface area contributed by atoms with E-state index in [0.29, 0.717) is 11.5 Å². The monoisotopic (exact) mass is 446 g/mol. The maximum atomic E-state index is 11.2. The fourth-order valence-electron chi connectivity index (χ4n) is 4.22. The van der Waals surface area contributed by atoms with Gasteiger partial charge in [-0.2, -0.15) is 0 Å². The number of rotatable bonds is 7. The number of hydrogen-bond acceptors (Lipinski definition) is 2. The van der Waals surface area contributed by atoms with Crippen molar-refractivity contribution in [2.75, 3.05) is 13.2 Å². The summed E-state index contributed by atoms with van der Waals surface area (Å²) in [5.74, 6) is -0.375. The first kappa shape index (κ1) is 22.3. The van der Waals surface area contributed by atoms with E-state index in [4.69, 9.17) is 16.3 Å². The third kappa shape index (κ3) is 6.09. The molecule has 0 unspecified atom stereocenters. The molecule has 3 aromatic rings. The lowest BCUT2D eigenvalue weighted by Crippen LogP contribution is -2.14. The van der Waals surface area contributed by atoms with Gasteiger partial charge in [0.2, 0.25) is 0 Å². The van der Waals surface area contributed by atoms with Gasteiger partial charge >= 0.3 is 5.97 Å². The van der Waals surface area contributed by atoms with Gasteiger partial charge in [0, 0.05) is 18.2 Å². The van der Waals surface area contributed by atoms with Crippen LogP contribution in [0.5, 0.6) is 0 Å². The van der Waals surface area contributed by atoms with Crippen LogP contribution >= 0.6 is 11.6 Å². The maximum absolute atomic E-state index is 11.2. The summed E-state index contributed by atoms with van der Waals surface area (Å²) in [5.41, 5.74) is 6.39. The highest BCUT2D eigenvalue weighted by Crippen LogP contribution is 2.29. The molecule has 0 amide bonds. The first-order chi connectivity index (χ1) is 15.6. The first-order valence-corrected chi connectivity index (χ1v) is 11.4. The highest BCUT2D eigenvalue weighted by molar-refractivity contribution is 6.30. The van der Waals surface area contributed by atoms with E-state index in [1.165, 1.54) is 22.3 Å². The maximum Gasteiger partial charge on any atom is 0.335 e. The third-order valence-corrected chi connectivity index (χ3v) is 6.14. The second-order valence-electron chi connectivity index (χ2n) is 8.31. The number of carbonyl (C=O) groups is 1. The quantitative estimate of drug-likeness (QED) is 0.435. The molecule has 1 N–H and O–H groups in total. The lowest BCUT2D eigenvalue weighted by Gasteiger charge is -2.23. The molecule has 0 saturated carbocycles. The van der Waals surface area contributed by atoms with Gasteiger partial charge in [-0.3, -0.25) is 0 Å². The summed E-state index contributed by atoms with van der Waals surface area (Å²) in [6.45, 7) is 1.64. The molecule has 32 heavy (non-hydrogen) atoms. The molecule has 0 atom stereocenters. The van der Waals surface area contributed by atoms with E-state index < -0.39 is 5.97 Å². The van der Waals surface area contributed by atoms with Crippen LogP contribution in [0.15, 0.2) is 72.8 Å². The summed E-state index contributed by atoms with van der Waals surface area (Å²) < 4.78 is 5.56. The minimum Gasteiger partial charge on any atom is -0.478 e. The van der Waals surface area contributed by atoms with Crippen molar-refractivity contribution in [2.24, 2.45) is 0 Å². The van der Waals surface area contributed by atoms with Crippen LogP contribution in [0.25, 0.3) is 6.08 Å². The smallest absolute Gasteiger partial charge is 0.335 e. The Morgan fingerprint density at radius 1 is 0.969 bits per heavy atom. The Morgan fingerprint density at radius 2 is 1.72 bits per heavy atom. The molecule has 4 rings (SSSR count). The van der Waals surface area contributed by atoms with Crippen LogP contribution in [-0.4, -0.2) is 24.3 Å². The number of hydrogen-bond donors (Lipinski definition) is 1. The molecule has 0 radical (unpaired) electrons. The summed E-state index contributed by atoms with van der Waals surface area (Å²) >= 11 is 6.05. The Balaban J connectivity index is 1.56. The van der Waals surface area contributed by atoms with E-state index >= 15 is 0 Å². The van der Waals surface area contributed by atoms with Crippen molar-refractivity contribution in [3.63, 3.8) is 0 Å². The summed E-state index contributed by atoms with van der Waals surface area (Å²) in [5, 5.41) is 9.95. The van der Waals surface area contributed by atoms with Crippen molar-refractivity contribution in [1.29, 1.82) is 0 Å². The van der Waals surface area contributed by atoms with E-state index in [2.05, 4.69) is 36.4 Å². The molecule has 1 heterocycles. The van der Waals surface area contributed by atoms with Gasteiger partial charge in [0.05, 0.1) is 5.56 Å². The van der Waals surface area contributed by atoms with Crippen LogP contribution in [0.3, 0.4) is 0 Å². The fourth-order valence-corrected chi connectivity index (χ4v) is 4.35. The molecule has 0 spiro atoms. The van der Waals surface area contributed by atoms with E-state index in [9.17, 15) is 9.90 Å². The lowest BCUT2D eigenvalue weighted by atomic mass is 9.88. The number of ether oxygens (including phenoxy) is 1. The highest BCUT2D eigenvalue weighted by atomic mass is 35.5. The molecule has 164 valence electrons. The van der Waals surface area contributed by atoms with Crippen molar-refractivity contribution in [3.05, 3.63) is 111 Å². The molecule has 0 aromatic heterocycles. The van der Waals surface area contributed by atoms with Gasteiger partial charge in [-0.25, -0.2) is 4.79 Å². The summed E-state index contributed by atoms with van der Waals surface area (Å²) in [6, 6.07) is 22.0. The van der Waals surface area contributed by atoms with Crippen LogP contribution < -0.4 is 0 Å². The molecular formula is C28H27ClO3. The summed E-state index contributed by atoms with van der Waals surface area (Å²) in [6.07, 6.45) is 7.87. The SMILES string of the molecule is O=C(O)c1cccc(C=CCc2cc(Cc3ccc(Cl)cc3)cc(C3CCOCC3)c2)c1. The molecule has 4 heteroatoms. The number of benzene rings is 3. The number of allylic oxidation sites excluding steroid dienone is 1. The average Bonchev–Trinajstić information content (AvgIpc) is 2.81.